The van der Waals surface area contributed by atoms with E-state index in [2.05, 4.69) is 4.72 Å². The van der Waals surface area contributed by atoms with Gasteiger partial charge in [0.1, 0.15) is 0 Å². The number of carbonyl (C=O) groups is 1. The molecule has 0 unspecified atom stereocenters. The Morgan fingerprint density at radius 2 is 1.47 bits per heavy atom. The van der Waals surface area contributed by atoms with Gasteiger partial charge in [0.2, 0.25) is 10.0 Å². The zero-order chi connectivity index (χ0) is 22.3. The first kappa shape index (κ1) is 22.1. The van der Waals surface area contributed by atoms with Crippen molar-refractivity contribution in [2.45, 2.75) is 36.1 Å². The van der Waals surface area contributed by atoms with Gasteiger partial charge in [-0.05, 0) is 49.2 Å². The van der Waals surface area contributed by atoms with E-state index in [-0.39, 0.29) is 22.6 Å². The molecule has 0 atom stereocenters. The number of halogens is 6. The number of nitrogens with one attached hydrogen (secondary N) is 2. The highest BCUT2D eigenvalue weighted by Gasteiger charge is 2.37. The lowest BCUT2D eigenvalue weighted by molar-refractivity contribution is -0.143. The normalized spacial score (nSPS) is 15.1. The van der Waals surface area contributed by atoms with Gasteiger partial charge >= 0.3 is 12.4 Å². The van der Waals surface area contributed by atoms with Gasteiger partial charge in [0.15, 0.2) is 0 Å². The molecule has 2 aromatic carbocycles. The molecule has 2 aromatic rings. The minimum atomic E-state index is -5.07. The summed E-state index contributed by atoms with van der Waals surface area (Å²) in [5, 5.41) is 1.96. The molecule has 0 spiro atoms. The maximum absolute atomic E-state index is 12.9. The van der Waals surface area contributed by atoms with E-state index in [1.807, 2.05) is 5.32 Å². The number of anilines is 1. The maximum atomic E-state index is 12.9. The zero-order valence-corrected chi connectivity index (χ0v) is 15.8. The molecule has 1 aliphatic rings. The van der Waals surface area contributed by atoms with Crippen LogP contribution in [0.1, 0.15) is 34.3 Å². The van der Waals surface area contributed by atoms with E-state index in [0.717, 1.165) is 6.07 Å². The van der Waals surface area contributed by atoms with Crippen LogP contribution in [0.2, 0.25) is 0 Å². The molecule has 1 saturated carbocycles. The highest BCUT2D eigenvalue weighted by Crippen LogP contribution is 2.37. The van der Waals surface area contributed by atoms with Crippen LogP contribution in [-0.2, 0) is 22.4 Å². The number of alkyl halides is 6. The minimum absolute atomic E-state index is 0.0631. The molecule has 0 saturated heterocycles. The Labute approximate surface area is 167 Å². The molecular weight excluding hydrogens is 438 g/mol. The van der Waals surface area contributed by atoms with Crippen molar-refractivity contribution in [3.8, 4) is 0 Å². The fourth-order valence-corrected chi connectivity index (χ4v) is 3.87. The number of carbonyl (C=O) groups excluding carboxylic acids is 1. The van der Waals surface area contributed by atoms with E-state index in [0.29, 0.717) is 25.0 Å². The summed E-state index contributed by atoms with van der Waals surface area (Å²) in [5.74, 6) is -1.06. The van der Waals surface area contributed by atoms with Crippen molar-refractivity contribution in [2.75, 3.05) is 5.32 Å². The van der Waals surface area contributed by atoms with Gasteiger partial charge in [0.05, 0.1) is 16.0 Å². The van der Waals surface area contributed by atoms with Gasteiger partial charge in [-0.2, -0.15) is 26.3 Å². The second-order valence-electron chi connectivity index (χ2n) is 6.67. The van der Waals surface area contributed by atoms with E-state index in [9.17, 15) is 39.6 Å². The summed E-state index contributed by atoms with van der Waals surface area (Å²) in [6, 6.07) is 5.09. The van der Waals surface area contributed by atoms with Crippen molar-refractivity contribution in [1.82, 2.24) is 4.72 Å². The van der Waals surface area contributed by atoms with E-state index in [1.54, 1.807) is 0 Å². The number of hydrogen-bond acceptors (Lipinski definition) is 3. The van der Waals surface area contributed by atoms with Crippen LogP contribution in [0.4, 0.5) is 32.0 Å². The number of hydrogen-bond donors (Lipinski definition) is 2. The lowest BCUT2D eigenvalue weighted by Gasteiger charge is -2.15. The van der Waals surface area contributed by atoms with Gasteiger partial charge in [-0.1, -0.05) is 6.07 Å². The molecule has 0 aromatic heterocycles. The number of sulfonamides is 1. The van der Waals surface area contributed by atoms with Crippen molar-refractivity contribution in [1.29, 1.82) is 0 Å². The minimum Gasteiger partial charge on any atom is -0.322 e. The highest BCUT2D eigenvalue weighted by atomic mass is 32.2. The topological polar surface area (TPSA) is 75.3 Å². The molecule has 162 valence electrons. The standard InChI is InChI=1S/C18H14F6N2O3S/c19-17(20,21)11-7-12(18(22,23)24)9-14(8-11)25-16(27)10-2-1-3-15(6-10)30(28,29)26-13-4-5-13/h1-3,6-9,13,26H,4-5H2,(H,25,27). The molecular formula is C18H14F6N2O3S. The molecule has 0 radical (unpaired) electrons. The maximum Gasteiger partial charge on any atom is 0.416 e. The van der Waals surface area contributed by atoms with Gasteiger partial charge in [-0.25, -0.2) is 13.1 Å². The summed E-state index contributed by atoms with van der Waals surface area (Å²) in [5.41, 5.74) is -4.15. The van der Waals surface area contributed by atoms with Crippen molar-refractivity contribution in [3.05, 3.63) is 59.2 Å². The molecule has 1 fully saturated rings. The summed E-state index contributed by atoms with van der Waals surface area (Å²) in [6.45, 7) is 0. The number of benzene rings is 2. The van der Waals surface area contributed by atoms with Crippen LogP contribution >= 0.6 is 0 Å². The van der Waals surface area contributed by atoms with Crippen molar-refractivity contribution < 1.29 is 39.6 Å². The van der Waals surface area contributed by atoms with E-state index >= 15 is 0 Å². The lowest BCUT2D eigenvalue weighted by Crippen LogP contribution is -2.26. The number of rotatable bonds is 5. The van der Waals surface area contributed by atoms with Crippen molar-refractivity contribution in [2.24, 2.45) is 0 Å². The molecule has 30 heavy (non-hydrogen) atoms. The Morgan fingerprint density at radius 1 is 0.900 bits per heavy atom. The Hall–Kier alpha value is -2.60. The first-order valence-corrected chi connectivity index (χ1v) is 9.97. The number of amides is 1. The summed E-state index contributed by atoms with van der Waals surface area (Å²) in [6.07, 6.45) is -8.78. The third-order valence-electron chi connectivity index (χ3n) is 4.15. The van der Waals surface area contributed by atoms with E-state index in [4.69, 9.17) is 0 Å². The third kappa shape index (κ3) is 5.30. The molecule has 5 nitrogen and oxygen atoms in total. The van der Waals surface area contributed by atoms with Crippen LogP contribution in [0.5, 0.6) is 0 Å². The predicted octanol–water partition coefficient (Wildman–Crippen LogP) is 4.42. The molecule has 0 heterocycles. The van der Waals surface area contributed by atoms with E-state index < -0.39 is 45.1 Å². The lowest BCUT2D eigenvalue weighted by atomic mass is 10.1. The Kier molecular flexibility index (Phi) is 5.58. The Bertz CT molecular complexity index is 1040. The van der Waals surface area contributed by atoms with Crippen molar-refractivity contribution in [3.63, 3.8) is 0 Å². The van der Waals surface area contributed by atoms with Gasteiger partial charge in [-0.15, -0.1) is 0 Å². The average Bonchev–Trinajstić information content (AvgIpc) is 3.43. The highest BCUT2D eigenvalue weighted by molar-refractivity contribution is 7.89. The molecule has 3 rings (SSSR count). The molecule has 0 bridgehead atoms. The summed E-state index contributed by atoms with van der Waals surface area (Å²) in [7, 11) is -3.91. The Balaban J connectivity index is 1.90. The van der Waals surface area contributed by atoms with Gasteiger partial charge in [-0.3, -0.25) is 4.79 Å². The Morgan fingerprint density at radius 3 is 1.97 bits per heavy atom. The molecule has 1 aliphatic carbocycles. The van der Waals surface area contributed by atoms with Crippen LogP contribution < -0.4 is 10.0 Å². The summed E-state index contributed by atoms with van der Waals surface area (Å²) in [4.78, 5) is 12.1. The van der Waals surface area contributed by atoms with Crippen LogP contribution in [-0.4, -0.2) is 20.4 Å². The summed E-state index contributed by atoms with van der Waals surface area (Å²) >= 11 is 0. The first-order valence-electron chi connectivity index (χ1n) is 8.49. The molecule has 12 heteroatoms. The average molecular weight is 452 g/mol. The van der Waals surface area contributed by atoms with Crippen LogP contribution in [0.3, 0.4) is 0 Å². The van der Waals surface area contributed by atoms with E-state index in [1.165, 1.54) is 18.2 Å². The fraction of sp³-hybridized carbons (Fsp3) is 0.278. The predicted molar refractivity (Wildman–Crippen MR) is 94.2 cm³/mol. The largest absolute Gasteiger partial charge is 0.416 e. The van der Waals surface area contributed by atoms with Crippen molar-refractivity contribution >= 4 is 21.6 Å². The quantitative estimate of drug-likeness (QED) is 0.660. The van der Waals surface area contributed by atoms with Crippen LogP contribution in [0, 0.1) is 0 Å². The fourth-order valence-electron chi connectivity index (χ4n) is 2.52. The summed E-state index contributed by atoms with van der Waals surface area (Å²) < 4.78 is 104. The van der Waals surface area contributed by atoms with Gasteiger partial charge < -0.3 is 5.32 Å². The molecule has 1 amide bonds. The SMILES string of the molecule is O=C(Nc1cc(C(F)(F)F)cc(C(F)(F)F)c1)c1cccc(S(=O)(=O)NC2CC2)c1. The van der Waals surface area contributed by atoms with Crippen LogP contribution in [0.15, 0.2) is 47.4 Å². The smallest absolute Gasteiger partial charge is 0.322 e. The second-order valence-corrected chi connectivity index (χ2v) is 8.39. The second kappa shape index (κ2) is 7.58. The molecule has 0 aliphatic heterocycles. The third-order valence-corrected chi connectivity index (χ3v) is 5.67. The monoisotopic (exact) mass is 452 g/mol. The zero-order valence-electron chi connectivity index (χ0n) is 14.9. The first-order chi connectivity index (χ1) is 13.8. The molecule has 2 N–H and O–H groups in total. The van der Waals surface area contributed by atoms with Gasteiger partial charge in [0.25, 0.3) is 5.91 Å². The van der Waals surface area contributed by atoms with Gasteiger partial charge in [0, 0.05) is 17.3 Å². The van der Waals surface area contributed by atoms with Crippen LogP contribution in [0.25, 0.3) is 0 Å².